The van der Waals surface area contributed by atoms with E-state index in [0.29, 0.717) is 24.3 Å². The topological polar surface area (TPSA) is 59.1 Å². The van der Waals surface area contributed by atoms with Gasteiger partial charge in [0.1, 0.15) is 11.6 Å². The molecule has 1 aromatic rings. The van der Waals surface area contributed by atoms with Gasteiger partial charge in [0, 0.05) is 12.0 Å². The van der Waals surface area contributed by atoms with Crippen LogP contribution >= 0.6 is 0 Å². The Morgan fingerprint density at radius 1 is 1.36 bits per heavy atom. The first-order valence-corrected chi connectivity index (χ1v) is 4.37. The maximum Gasteiger partial charge on any atom is 0.122 e. The third-order valence-electron chi connectivity index (χ3n) is 1.71. The smallest absolute Gasteiger partial charge is 0.122 e. The van der Waals surface area contributed by atoms with Gasteiger partial charge in [-0.2, -0.15) is 0 Å². The number of nitrogen functional groups attached to an aromatic ring is 1. The third-order valence-corrected chi connectivity index (χ3v) is 1.71. The fraction of sp³-hybridized carbons (Fsp3) is 0.300. The van der Waals surface area contributed by atoms with Gasteiger partial charge in [-0.1, -0.05) is 0 Å². The van der Waals surface area contributed by atoms with Gasteiger partial charge in [-0.15, -0.1) is 0 Å². The maximum atomic E-state index is 11.7. The predicted octanol–water partition coefficient (Wildman–Crippen LogP) is 1.71. The van der Waals surface area contributed by atoms with Crippen LogP contribution in [0.5, 0.6) is 5.75 Å². The van der Waals surface area contributed by atoms with Crippen molar-refractivity contribution in [2.45, 2.75) is 6.42 Å². The van der Waals surface area contributed by atoms with Gasteiger partial charge in [0.25, 0.3) is 0 Å². The number of rotatable bonds is 5. The summed E-state index contributed by atoms with van der Waals surface area (Å²) in [5, 5.41) is 7.16. The number of nitrogens with two attached hydrogens (primary N) is 1. The highest BCUT2D eigenvalue weighted by Crippen LogP contribution is 2.11. The summed E-state index contributed by atoms with van der Waals surface area (Å²) in [6.07, 6.45) is 0.397. The van der Waals surface area contributed by atoms with E-state index in [4.69, 9.17) is 15.9 Å². The summed E-state index contributed by atoms with van der Waals surface area (Å²) in [7, 11) is 0. The quantitative estimate of drug-likeness (QED) is 0.428. The lowest BCUT2D eigenvalue weighted by atomic mass is 10.2. The Morgan fingerprint density at radius 3 is 2.50 bits per heavy atom. The van der Waals surface area contributed by atoms with Crippen molar-refractivity contribution in [1.29, 1.82) is 5.41 Å². The Bertz CT molecular complexity index is 297. The van der Waals surface area contributed by atoms with Crippen molar-refractivity contribution in [3.05, 3.63) is 29.8 Å². The van der Waals surface area contributed by atoms with E-state index in [1.807, 2.05) is 0 Å². The molecule has 0 saturated heterocycles. The molecular formula is C10H13FN2O. The minimum atomic E-state index is -0.370. The monoisotopic (exact) mass is 196 g/mol. The van der Waals surface area contributed by atoms with Gasteiger partial charge in [-0.05, 0) is 24.3 Å². The second-order valence-corrected chi connectivity index (χ2v) is 2.83. The van der Waals surface area contributed by atoms with Crippen molar-refractivity contribution in [2.24, 2.45) is 5.73 Å². The van der Waals surface area contributed by atoms with Crippen LogP contribution in [0.2, 0.25) is 0 Å². The zero-order valence-electron chi connectivity index (χ0n) is 7.79. The van der Waals surface area contributed by atoms with Gasteiger partial charge in [0.05, 0.1) is 13.3 Å². The van der Waals surface area contributed by atoms with Gasteiger partial charge >= 0.3 is 0 Å². The molecule has 14 heavy (non-hydrogen) atoms. The molecule has 0 radical (unpaired) electrons. The summed E-state index contributed by atoms with van der Waals surface area (Å²) in [6.45, 7) is 0.00144. The van der Waals surface area contributed by atoms with Crippen LogP contribution in [-0.4, -0.2) is 19.1 Å². The molecule has 0 amide bonds. The molecule has 0 bridgehead atoms. The number of halogens is 1. The Morgan fingerprint density at radius 2 is 2.00 bits per heavy atom. The third kappa shape index (κ3) is 3.05. The maximum absolute atomic E-state index is 11.7. The van der Waals surface area contributed by atoms with Crippen LogP contribution < -0.4 is 10.5 Å². The number of amidine groups is 1. The summed E-state index contributed by atoms with van der Waals surface area (Å²) in [4.78, 5) is 0. The number of benzene rings is 1. The fourth-order valence-corrected chi connectivity index (χ4v) is 0.975. The van der Waals surface area contributed by atoms with E-state index in [9.17, 15) is 4.39 Å². The van der Waals surface area contributed by atoms with Crippen molar-refractivity contribution >= 4 is 5.84 Å². The Balaban J connectivity index is 2.51. The second-order valence-electron chi connectivity index (χ2n) is 2.83. The first-order valence-electron chi connectivity index (χ1n) is 4.37. The van der Waals surface area contributed by atoms with E-state index >= 15 is 0 Å². The summed E-state index contributed by atoms with van der Waals surface area (Å²) < 4.78 is 17.0. The molecule has 0 heterocycles. The number of ether oxygens (including phenoxy) is 1. The normalized spacial score (nSPS) is 9.79. The molecule has 1 aromatic carbocycles. The molecule has 0 spiro atoms. The molecule has 0 atom stereocenters. The number of nitrogens with one attached hydrogen (secondary N) is 1. The molecule has 0 aromatic heterocycles. The van der Waals surface area contributed by atoms with Crippen molar-refractivity contribution in [3.8, 4) is 5.75 Å². The highest BCUT2D eigenvalue weighted by molar-refractivity contribution is 5.94. The number of alkyl halides is 1. The highest BCUT2D eigenvalue weighted by Gasteiger charge is 1.97. The lowest BCUT2D eigenvalue weighted by Gasteiger charge is -2.05. The zero-order valence-corrected chi connectivity index (χ0v) is 7.79. The van der Waals surface area contributed by atoms with Gasteiger partial charge in [0.15, 0.2) is 0 Å². The fourth-order valence-electron chi connectivity index (χ4n) is 0.975. The van der Waals surface area contributed by atoms with E-state index in [-0.39, 0.29) is 12.5 Å². The molecule has 0 fully saturated rings. The molecule has 0 unspecified atom stereocenters. The zero-order chi connectivity index (χ0) is 10.4. The standard InChI is InChI=1S/C10H13FN2O/c11-6-1-7-14-9-4-2-8(3-5-9)10(12)13/h2-5H,1,6-7H2,(H3,12,13). The average molecular weight is 196 g/mol. The molecule has 76 valence electrons. The molecule has 0 saturated carbocycles. The van der Waals surface area contributed by atoms with Crippen LogP contribution in [-0.2, 0) is 0 Å². The second kappa shape index (κ2) is 5.21. The minimum Gasteiger partial charge on any atom is -0.493 e. The van der Waals surface area contributed by atoms with Crippen LogP contribution in [0.15, 0.2) is 24.3 Å². The van der Waals surface area contributed by atoms with Gasteiger partial charge in [-0.3, -0.25) is 9.80 Å². The van der Waals surface area contributed by atoms with Crippen molar-refractivity contribution in [1.82, 2.24) is 0 Å². The molecule has 0 aliphatic carbocycles. The summed E-state index contributed by atoms with van der Waals surface area (Å²) in [6, 6.07) is 6.84. The van der Waals surface area contributed by atoms with E-state index < -0.39 is 0 Å². The SMILES string of the molecule is N=C(N)c1ccc(OCCCF)cc1. The lowest BCUT2D eigenvalue weighted by molar-refractivity contribution is 0.289. The first kappa shape index (κ1) is 10.5. The van der Waals surface area contributed by atoms with Gasteiger partial charge in [0.2, 0.25) is 0 Å². The number of hydrogen-bond donors (Lipinski definition) is 2. The Kier molecular flexibility index (Phi) is 3.91. The minimum absolute atomic E-state index is 0.0281. The average Bonchev–Trinajstić information content (AvgIpc) is 2.19. The van der Waals surface area contributed by atoms with Crippen LogP contribution in [0.25, 0.3) is 0 Å². The summed E-state index contributed by atoms with van der Waals surface area (Å²) >= 11 is 0. The van der Waals surface area contributed by atoms with Crippen molar-refractivity contribution in [2.75, 3.05) is 13.3 Å². The van der Waals surface area contributed by atoms with E-state index in [2.05, 4.69) is 0 Å². The molecule has 1 rings (SSSR count). The van der Waals surface area contributed by atoms with Crippen molar-refractivity contribution in [3.63, 3.8) is 0 Å². The molecule has 0 aliphatic rings. The van der Waals surface area contributed by atoms with Gasteiger partial charge in [-0.25, -0.2) is 0 Å². The van der Waals surface area contributed by atoms with E-state index in [1.54, 1.807) is 24.3 Å². The molecule has 4 heteroatoms. The van der Waals surface area contributed by atoms with Crippen LogP contribution in [0.3, 0.4) is 0 Å². The molecule has 3 N–H and O–H groups in total. The summed E-state index contributed by atoms with van der Waals surface area (Å²) in [5.74, 6) is 0.698. The molecule has 3 nitrogen and oxygen atoms in total. The number of hydrogen-bond acceptors (Lipinski definition) is 2. The predicted molar refractivity (Wildman–Crippen MR) is 53.5 cm³/mol. The van der Waals surface area contributed by atoms with E-state index in [0.717, 1.165) is 0 Å². The van der Waals surface area contributed by atoms with Crippen LogP contribution in [0, 0.1) is 5.41 Å². The Hall–Kier alpha value is -1.58. The lowest BCUT2D eigenvalue weighted by Crippen LogP contribution is -2.10. The van der Waals surface area contributed by atoms with Crippen molar-refractivity contribution < 1.29 is 9.13 Å². The van der Waals surface area contributed by atoms with Crippen LogP contribution in [0.4, 0.5) is 4.39 Å². The Labute approximate surface area is 82.2 Å². The molecule has 0 aliphatic heterocycles. The first-order chi connectivity index (χ1) is 6.74. The highest BCUT2D eigenvalue weighted by atomic mass is 19.1. The molecular weight excluding hydrogens is 183 g/mol. The largest absolute Gasteiger partial charge is 0.493 e. The van der Waals surface area contributed by atoms with E-state index in [1.165, 1.54) is 0 Å². The summed E-state index contributed by atoms with van der Waals surface area (Å²) in [5.41, 5.74) is 5.93. The van der Waals surface area contributed by atoms with Crippen LogP contribution in [0.1, 0.15) is 12.0 Å². The van der Waals surface area contributed by atoms with Gasteiger partial charge < -0.3 is 10.5 Å².